The molecule has 0 saturated carbocycles. The van der Waals surface area contributed by atoms with Crippen LogP contribution in [0.1, 0.15) is 11.7 Å². The normalized spacial score (nSPS) is 12.9. The summed E-state index contributed by atoms with van der Waals surface area (Å²) in [7, 11) is 0. The lowest BCUT2D eigenvalue weighted by molar-refractivity contribution is -0.384. The Hall–Kier alpha value is -2.55. The van der Waals surface area contributed by atoms with Crippen LogP contribution in [0.25, 0.3) is 0 Å². The van der Waals surface area contributed by atoms with Crippen LogP contribution < -0.4 is 10.6 Å². The highest BCUT2D eigenvalue weighted by Crippen LogP contribution is 2.20. The average Bonchev–Trinajstić information content (AvgIpc) is 2.60. The van der Waals surface area contributed by atoms with E-state index in [1.165, 1.54) is 24.3 Å². The summed E-state index contributed by atoms with van der Waals surface area (Å²) in [6.45, 7) is -0.366. The lowest BCUT2D eigenvalue weighted by atomic mass is 10.0. The molecule has 2 rings (SSSR count). The third kappa shape index (κ3) is 4.72. The first kappa shape index (κ1) is 17.8. The molecule has 0 bridgehead atoms. The number of nitro benzene ring substituents is 1. The van der Waals surface area contributed by atoms with E-state index in [1.54, 1.807) is 0 Å². The lowest BCUT2D eigenvalue weighted by Crippen LogP contribution is -2.43. The zero-order valence-electron chi connectivity index (χ0n) is 12.6. The van der Waals surface area contributed by atoms with Crippen molar-refractivity contribution < 1.29 is 15.1 Å². The Balaban J connectivity index is 2.01. The Morgan fingerprint density at radius 3 is 2.33 bits per heavy atom. The second-order valence-electron chi connectivity index (χ2n) is 5.05. The molecule has 0 aliphatic carbocycles. The molecule has 7 nitrogen and oxygen atoms in total. The first-order valence-corrected chi connectivity index (χ1v) is 7.58. The molecule has 4 N–H and O–H groups in total. The highest BCUT2D eigenvalue weighted by atomic mass is 32.1. The van der Waals surface area contributed by atoms with Crippen LogP contribution in [0.4, 0.5) is 11.4 Å². The van der Waals surface area contributed by atoms with E-state index < -0.39 is 17.1 Å². The summed E-state index contributed by atoms with van der Waals surface area (Å²) >= 11 is 5.17. The minimum absolute atomic E-state index is 0.0688. The molecule has 0 aromatic heterocycles. The minimum Gasteiger partial charge on any atom is -0.394 e. The molecule has 8 heteroatoms. The van der Waals surface area contributed by atoms with E-state index in [9.17, 15) is 20.3 Å². The molecule has 0 aliphatic heterocycles. The number of benzene rings is 2. The largest absolute Gasteiger partial charge is 0.394 e. The molecule has 2 aromatic rings. The molecule has 2 aromatic carbocycles. The fourth-order valence-corrected chi connectivity index (χ4v) is 2.38. The zero-order chi connectivity index (χ0) is 17.5. The summed E-state index contributed by atoms with van der Waals surface area (Å²) in [5.41, 5.74) is 1.15. The van der Waals surface area contributed by atoms with E-state index in [0.717, 1.165) is 5.69 Å². The average molecular weight is 347 g/mol. The van der Waals surface area contributed by atoms with Crippen LogP contribution in [-0.4, -0.2) is 32.9 Å². The van der Waals surface area contributed by atoms with Crippen LogP contribution in [0.5, 0.6) is 0 Å². The van der Waals surface area contributed by atoms with Crippen molar-refractivity contribution in [3.63, 3.8) is 0 Å². The first-order valence-electron chi connectivity index (χ1n) is 7.17. The maximum absolute atomic E-state index is 10.7. The van der Waals surface area contributed by atoms with Gasteiger partial charge in [-0.15, -0.1) is 0 Å². The Bertz CT molecular complexity index is 694. The van der Waals surface area contributed by atoms with Crippen molar-refractivity contribution in [1.29, 1.82) is 0 Å². The maximum atomic E-state index is 10.7. The first-order chi connectivity index (χ1) is 11.5. The molecule has 2 atom stereocenters. The van der Waals surface area contributed by atoms with E-state index in [0.29, 0.717) is 5.56 Å². The van der Waals surface area contributed by atoms with Crippen LogP contribution >= 0.6 is 12.2 Å². The van der Waals surface area contributed by atoms with Crippen LogP contribution in [0.15, 0.2) is 54.6 Å². The summed E-state index contributed by atoms with van der Waals surface area (Å²) in [5, 5.41) is 36.5. The van der Waals surface area contributed by atoms with Gasteiger partial charge in [-0.25, -0.2) is 0 Å². The third-order valence-electron chi connectivity index (χ3n) is 3.37. The van der Waals surface area contributed by atoms with Gasteiger partial charge >= 0.3 is 0 Å². The van der Waals surface area contributed by atoms with Crippen LogP contribution in [-0.2, 0) is 0 Å². The number of rotatable bonds is 6. The van der Waals surface area contributed by atoms with Crippen LogP contribution in [0.2, 0.25) is 0 Å². The number of aliphatic hydroxyl groups is 2. The van der Waals surface area contributed by atoms with E-state index in [1.807, 2.05) is 30.3 Å². The molecule has 0 amide bonds. The summed E-state index contributed by atoms with van der Waals surface area (Å²) in [4.78, 5) is 10.1. The number of hydrogen-bond acceptors (Lipinski definition) is 5. The van der Waals surface area contributed by atoms with Crippen molar-refractivity contribution in [2.45, 2.75) is 12.1 Å². The minimum atomic E-state index is -1.08. The molecule has 24 heavy (non-hydrogen) atoms. The quantitative estimate of drug-likeness (QED) is 0.359. The highest BCUT2D eigenvalue weighted by Gasteiger charge is 2.21. The summed E-state index contributed by atoms with van der Waals surface area (Å²) in [6.07, 6.45) is -1.08. The molecule has 126 valence electrons. The number of non-ortho nitro benzene ring substituents is 1. The molecule has 0 spiro atoms. The van der Waals surface area contributed by atoms with Gasteiger partial charge in [-0.2, -0.15) is 0 Å². The van der Waals surface area contributed by atoms with Gasteiger partial charge in [0.15, 0.2) is 5.11 Å². The highest BCUT2D eigenvalue weighted by molar-refractivity contribution is 7.80. The molecule has 0 fully saturated rings. The van der Waals surface area contributed by atoms with Gasteiger partial charge in [-0.05, 0) is 42.0 Å². The molecule has 0 unspecified atom stereocenters. The monoisotopic (exact) mass is 347 g/mol. The molecular weight excluding hydrogens is 330 g/mol. The maximum Gasteiger partial charge on any atom is 0.269 e. The van der Waals surface area contributed by atoms with Gasteiger partial charge in [-0.1, -0.05) is 18.2 Å². The lowest BCUT2D eigenvalue weighted by Gasteiger charge is -2.24. The summed E-state index contributed by atoms with van der Waals surface area (Å²) in [6, 6.07) is 14.0. The van der Waals surface area contributed by atoms with Gasteiger partial charge in [0.05, 0.1) is 17.6 Å². The van der Waals surface area contributed by atoms with Crippen molar-refractivity contribution in [3.05, 3.63) is 70.3 Å². The van der Waals surface area contributed by atoms with Crippen LogP contribution in [0, 0.1) is 10.1 Å². The van der Waals surface area contributed by atoms with E-state index in [4.69, 9.17) is 12.2 Å². The van der Waals surface area contributed by atoms with Gasteiger partial charge in [0.1, 0.15) is 6.10 Å². The number of nitrogens with zero attached hydrogens (tertiary/aromatic N) is 1. The topological polar surface area (TPSA) is 108 Å². The van der Waals surface area contributed by atoms with Crippen molar-refractivity contribution in [3.8, 4) is 0 Å². The Kier molecular flexibility index (Phi) is 6.19. The molecule has 0 radical (unpaired) electrons. The fourth-order valence-electron chi connectivity index (χ4n) is 2.11. The smallest absolute Gasteiger partial charge is 0.269 e. The second kappa shape index (κ2) is 8.34. The van der Waals surface area contributed by atoms with Crippen molar-refractivity contribution >= 4 is 28.7 Å². The number of nitro groups is 1. The van der Waals surface area contributed by atoms with Crippen molar-refractivity contribution in [2.24, 2.45) is 0 Å². The van der Waals surface area contributed by atoms with E-state index in [2.05, 4.69) is 10.6 Å². The van der Waals surface area contributed by atoms with Gasteiger partial charge in [0.25, 0.3) is 5.69 Å². The fraction of sp³-hybridized carbons (Fsp3) is 0.188. The van der Waals surface area contributed by atoms with E-state index in [-0.39, 0.29) is 17.4 Å². The number of aliphatic hydroxyl groups excluding tert-OH is 2. The van der Waals surface area contributed by atoms with Crippen LogP contribution in [0.3, 0.4) is 0 Å². The molecule has 0 heterocycles. The third-order valence-corrected chi connectivity index (χ3v) is 3.59. The number of thiocarbonyl (C=S) groups is 1. The van der Waals surface area contributed by atoms with Gasteiger partial charge in [0.2, 0.25) is 0 Å². The number of hydrogen-bond donors (Lipinski definition) is 4. The number of para-hydroxylation sites is 1. The Labute approximate surface area is 144 Å². The predicted octanol–water partition coefficient (Wildman–Crippen LogP) is 1.98. The summed E-state index contributed by atoms with van der Waals surface area (Å²) in [5.74, 6) is 0. The standard InChI is InChI=1S/C16H17N3O4S/c20-10-14(18-16(24)17-12-4-2-1-3-5-12)15(21)11-6-8-13(9-7-11)19(22)23/h1-9,14-15,20-21H,10H2,(H2,17,18,24)/t14-,15-/m1/s1. The van der Waals surface area contributed by atoms with Gasteiger partial charge in [0, 0.05) is 17.8 Å². The SMILES string of the molecule is O=[N+]([O-])c1ccc([C@@H](O)[C@@H](CO)NC(=S)Nc2ccccc2)cc1. The van der Waals surface area contributed by atoms with Crippen molar-refractivity contribution in [2.75, 3.05) is 11.9 Å². The predicted molar refractivity (Wildman–Crippen MR) is 94.7 cm³/mol. The Morgan fingerprint density at radius 1 is 1.17 bits per heavy atom. The second-order valence-corrected chi connectivity index (χ2v) is 5.46. The molecular formula is C16H17N3O4S. The van der Waals surface area contributed by atoms with Gasteiger partial charge < -0.3 is 20.8 Å². The molecule has 0 saturated heterocycles. The van der Waals surface area contributed by atoms with E-state index >= 15 is 0 Å². The van der Waals surface area contributed by atoms with Gasteiger partial charge in [-0.3, -0.25) is 10.1 Å². The zero-order valence-corrected chi connectivity index (χ0v) is 13.4. The number of nitrogens with one attached hydrogen (secondary N) is 2. The summed E-state index contributed by atoms with van der Waals surface area (Å²) < 4.78 is 0. The Morgan fingerprint density at radius 2 is 1.79 bits per heavy atom. The van der Waals surface area contributed by atoms with Crippen molar-refractivity contribution in [1.82, 2.24) is 5.32 Å². The molecule has 0 aliphatic rings. The number of anilines is 1.